The fourth-order valence-electron chi connectivity index (χ4n) is 1.47. The maximum atomic E-state index is 12.0. The van der Waals surface area contributed by atoms with Gasteiger partial charge in [-0.1, -0.05) is 12.1 Å². The Morgan fingerprint density at radius 2 is 2.15 bits per heavy atom. The van der Waals surface area contributed by atoms with Crippen LogP contribution in [0.15, 0.2) is 16.9 Å². The number of hydrogen-bond acceptors (Lipinski definition) is 7. The summed E-state index contributed by atoms with van der Waals surface area (Å²) >= 11 is 0. The van der Waals surface area contributed by atoms with Gasteiger partial charge in [0.15, 0.2) is 5.82 Å². The molecule has 106 valence electrons. The maximum absolute atomic E-state index is 12.0. The molecule has 1 amide bonds. The number of hydrogen-bond donors (Lipinski definition) is 1. The van der Waals surface area contributed by atoms with Crippen molar-refractivity contribution >= 4 is 5.91 Å². The van der Waals surface area contributed by atoms with Crippen LogP contribution in [0, 0.1) is 0 Å². The van der Waals surface area contributed by atoms with Crippen LogP contribution >= 0.6 is 0 Å². The van der Waals surface area contributed by atoms with E-state index in [0.29, 0.717) is 23.7 Å². The van der Waals surface area contributed by atoms with E-state index in [-0.39, 0.29) is 11.9 Å². The van der Waals surface area contributed by atoms with E-state index in [9.17, 15) is 4.79 Å². The third kappa shape index (κ3) is 3.08. The zero-order chi connectivity index (χ0) is 14.5. The van der Waals surface area contributed by atoms with Gasteiger partial charge in [0.05, 0.1) is 12.7 Å². The number of aryl methyl sites for hydroxylation is 1. The second-order valence-electron chi connectivity index (χ2n) is 4.06. The first-order valence-electron chi connectivity index (χ1n) is 6.13. The van der Waals surface area contributed by atoms with E-state index in [0.717, 1.165) is 0 Å². The van der Waals surface area contributed by atoms with Crippen LogP contribution in [-0.2, 0) is 6.42 Å². The summed E-state index contributed by atoms with van der Waals surface area (Å²) in [6.45, 7) is 3.68. The zero-order valence-electron chi connectivity index (χ0n) is 11.5. The summed E-state index contributed by atoms with van der Waals surface area (Å²) in [6, 6.07) is -0.184. The Morgan fingerprint density at radius 3 is 2.70 bits per heavy atom. The molecule has 8 heteroatoms. The lowest BCUT2D eigenvalue weighted by Crippen LogP contribution is -2.27. The van der Waals surface area contributed by atoms with Crippen molar-refractivity contribution in [3.05, 3.63) is 29.7 Å². The molecule has 2 aromatic rings. The highest BCUT2D eigenvalue weighted by Gasteiger charge is 2.17. The molecule has 0 aliphatic heterocycles. The van der Waals surface area contributed by atoms with Gasteiger partial charge >= 0.3 is 6.01 Å². The van der Waals surface area contributed by atoms with Crippen LogP contribution in [0.25, 0.3) is 0 Å². The largest absolute Gasteiger partial charge is 0.467 e. The van der Waals surface area contributed by atoms with Gasteiger partial charge in [-0.3, -0.25) is 4.79 Å². The van der Waals surface area contributed by atoms with Crippen LogP contribution in [0.5, 0.6) is 6.01 Å². The summed E-state index contributed by atoms with van der Waals surface area (Å²) in [5.41, 5.74) is 0.327. The van der Waals surface area contributed by atoms with Crippen molar-refractivity contribution in [2.75, 3.05) is 7.11 Å². The van der Waals surface area contributed by atoms with Gasteiger partial charge in [-0.05, 0) is 6.92 Å². The van der Waals surface area contributed by atoms with Crippen LogP contribution in [0.2, 0.25) is 0 Å². The lowest BCUT2D eigenvalue weighted by molar-refractivity contribution is 0.0931. The maximum Gasteiger partial charge on any atom is 0.316 e. The highest BCUT2D eigenvalue weighted by molar-refractivity contribution is 5.93. The Bertz CT molecular complexity index is 581. The van der Waals surface area contributed by atoms with Gasteiger partial charge in [0.1, 0.15) is 6.04 Å². The Balaban J connectivity index is 2.02. The molecule has 20 heavy (non-hydrogen) atoms. The highest BCUT2D eigenvalue weighted by Crippen LogP contribution is 2.11. The molecule has 0 bridgehead atoms. The molecule has 2 aromatic heterocycles. The molecule has 0 fully saturated rings. The van der Waals surface area contributed by atoms with Gasteiger partial charge in [0, 0.05) is 18.8 Å². The summed E-state index contributed by atoms with van der Waals surface area (Å²) in [6.07, 6.45) is 3.45. The fraction of sp³-hybridized carbons (Fsp3) is 0.417. The lowest BCUT2D eigenvalue weighted by Gasteiger charge is -2.09. The third-order valence-electron chi connectivity index (χ3n) is 2.59. The van der Waals surface area contributed by atoms with E-state index in [4.69, 9.17) is 9.26 Å². The minimum absolute atomic E-state index is 0.207. The molecule has 2 rings (SSSR count). The van der Waals surface area contributed by atoms with Gasteiger partial charge in [0.25, 0.3) is 5.91 Å². The van der Waals surface area contributed by atoms with Crippen molar-refractivity contribution in [1.82, 2.24) is 25.4 Å². The number of aromatic nitrogens is 4. The molecular weight excluding hydrogens is 262 g/mol. The Kier molecular flexibility index (Phi) is 4.24. The summed E-state index contributed by atoms with van der Waals surface area (Å²) < 4.78 is 9.89. The molecule has 1 atom stereocenters. The number of nitrogens with zero attached hydrogens (tertiary/aromatic N) is 4. The first-order chi connectivity index (χ1) is 9.63. The topological polar surface area (TPSA) is 103 Å². The molecule has 0 spiro atoms. The molecule has 0 saturated carbocycles. The minimum Gasteiger partial charge on any atom is -0.467 e. The van der Waals surface area contributed by atoms with Crippen molar-refractivity contribution in [1.29, 1.82) is 0 Å². The summed E-state index contributed by atoms with van der Waals surface area (Å²) in [7, 11) is 1.46. The molecule has 0 aliphatic rings. The van der Waals surface area contributed by atoms with Gasteiger partial charge in [-0.25, -0.2) is 9.97 Å². The molecule has 0 radical (unpaired) electrons. The second kappa shape index (κ2) is 6.09. The van der Waals surface area contributed by atoms with Crippen LogP contribution in [0.4, 0.5) is 0 Å². The smallest absolute Gasteiger partial charge is 0.316 e. The molecular formula is C12H15N5O3. The average molecular weight is 277 g/mol. The van der Waals surface area contributed by atoms with E-state index in [2.05, 4.69) is 25.4 Å². The number of nitrogens with one attached hydrogen (secondary N) is 1. The number of carbonyl (C=O) groups excluding carboxylic acids is 1. The third-order valence-corrected chi connectivity index (χ3v) is 2.59. The first-order valence-corrected chi connectivity index (χ1v) is 6.13. The van der Waals surface area contributed by atoms with Gasteiger partial charge in [-0.15, -0.1) is 0 Å². The van der Waals surface area contributed by atoms with Gasteiger partial charge in [-0.2, -0.15) is 4.98 Å². The predicted octanol–water partition coefficient (Wildman–Crippen LogP) is 0.922. The first kappa shape index (κ1) is 13.9. The zero-order valence-corrected chi connectivity index (χ0v) is 11.5. The fourth-order valence-corrected chi connectivity index (χ4v) is 1.47. The number of rotatable bonds is 5. The number of ether oxygens (including phenoxy) is 1. The summed E-state index contributed by atoms with van der Waals surface area (Å²) in [5, 5.41) is 6.51. The van der Waals surface area contributed by atoms with E-state index in [1.54, 1.807) is 6.92 Å². The molecule has 0 aliphatic carbocycles. The van der Waals surface area contributed by atoms with E-state index < -0.39 is 6.04 Å². The number of carbonyl (C=O) groups is 1. The molecule has 0 aromatic carbocycles. The second-order valence-corrected chi connectivity index (χ2v) is 4.06. The summed E-state index contributed by atoms with van der Waals surface area (Å²) in [5.74, 6) is 0.648. The quantitative estimate of drug-likeness (QED) is 0.866. The Hall–Kier alpha value is -2.51. The normalized spacial score (nSPS) is 11.9. The highest BCUT2D eigenvalue weighted by atomic mass is 16.5. The van der Waals surface area contributed by atoms with Crippen LogP contribution in [0.1, 0.15) is 42.0 Å². The van der Waals surface area contributed by atoms with Gasteiger partial charge in [0.2, 0.25) is 5.89 Å². The molecule has 2 heterocycles. The SMILES string of the molecule is CCc1noc(C(C)NC(=O)c2cnc(OC)nc2)n1. The predicted molar refractivity (Wildman–Crippen MR) is 68.1 cm³/mol. The van der Waals surface area contributed by atoms with Crippen molar-refractivity contribution in [2.45, 2.75) is 26.3 Å². The van der Waals surface area contributed by atoms with E-state index >= 15 is 0 Å². The molecule has 1 N–H and O–H groups in total. The van der Waals surface area contributed by atoms with E-state index in [1.807, 2.05) is 6.92 Å². The van der Waals surface area contributed by atoms with Gasteiger partial charge < -0.3 is 14.6 Å². The lowest BCUT2D eigenvalue weighted by atomic mass is 10.2. The molecule has 1 unspecified atom stereocenters. The van der Waals surface area contributed by atoms with Crippen molar-refractivity contribution in [2.24, 2.45) is 0 Å². The van der Waals surface area contributed by atoms with Crippen molar-refractivity contribution < 1.29 is 14.1 Å². The van der Waals surface area contributed by atoms with E-state index in [1.165, 1.54) is 19.5 Å². The molecule has 8 nitrogen and oxygen atoms in total. The average Bonchev–Trinajstić information content (AvgIpc) is 2.96. The van der Waals surface area contributed by atoms with Crippen LogP contribution in [-0.4, -0.2) is 33.1 Å². The van der Waals surface area contributed by atoms with Crippen LogP contribution < -0.4 is 10.1 Å². The Labute approximate surface area is 115 Å². The minimum atomic E-state index is -0.391. The van der Waals surface area contributed by atoms with Crippen molar-refractivity contribution in [3.8, 4) is 6.01 Å². The monoisotopic (exact) mass is 277 g/mol. The summed E-state index contributed by atoms with van der Waals surface area (Å²) in [4.78, 5) is 23.9. The standard InChI is InChI=1S/C12H15N5O3/c1-4-9-16-11(20-17-9)7(2)15-10(18)8-5-13-12(19-3)14-6-8/h5-7H,4H2,1-3H3,(H,15,18). The van der Waals surface area contributed by atoms with Crippen molar-refractivity contribution in [3.63, 3.8) is 0 Å². The number of amides is 1. The Morgan fingerprint density at radius 1 is 1.45 bits per heavy atom. The molecule has 0 saturated heterocycles. The van der Waals surface area contributed by atoms with Crippen LogP contribution in [0.3, 0.4) is 0 Å². The number of methoxy groups -OCH3 is 1.